The zero-order valence-electron chi connectivity index (χ0n) is 19.0. The van der Waals surface area contributed by atoms with Gasteiger partial charge < -0.3 is 25.6 Å². The summed E-state index contributed by atoms with van der Waals surface area (Å²) in [7, 11) is 0. The van der Waals surface area contributed by atoms with Crippen LogP contribution < -0.4 is 16.0 Å². The van der Waals surface area contributed by atoms with Crippen LogP contribution in [0, 0.1) is 0 Å². The molecule has 1 aliphatic rings. The minimum atomic E-state index is -0.519. The highest BCUT2D eigenvalue weighted by Crippen LogP contribution is 2.09. The topological polar surface area (TPSA) is 95.1 Å². The Morgan fingerprint density at radius 2 is 1.83 bits per heavy atom. The standard InChI is InChI=1S/C21H41N5O3/c1-6-8-11-17(16-24-20(28)29-21(3,4)5)25-19(22-7-2)23-13-12-18(27)26-14-9-10-15-26/h17H,6-16H2,1-5H3,(H,24,28)(H2,22,23,25). The van der Waals surface area contributed by atoms with Crippen LogP contribution in [0.3, 0.4) is 0 Å². The second-order valence-corrected chi connectivity index (χ2v) is 8.46. The van der Waals surface area contributed by atoms with Gasteiger partial charge in [0.15, 0.2) is 5.96 Å². The van der Waals surface area contributed by atoms with E-state index in [2.05, 4.69) is 27.9 Å². The monoisotopic (exact) mass is 411 g/mol. The number of ether oxygens (including phenoxy) is 1. The molecule has 1 aliphatic heterocycles. The first kappa shape index (κ1) is 25.0. The maximum absolute atomic E-state index is 12.2. The summed E-state index contributed by atoms with van der Waals surface area (Å²) in [6, 6.07) is 0.0366. The molecule has 168 valence electrons. The van der Waals surface area contributed by atoms with Crippen LogP contribution in [0.2, 0.25) is 0 Å². The van der Waals surface area contributed by atoms with E-state index in [4.69, 9.17) is 4.74 Å². The Bertz CT molecular complexity index is 525. The van der Waals surface area contributed by atoms with Gasteiger partial charge in [0, 0.05) is 38.6 Å². The van der Waals surface area contributed by atoms with Crippen LogP contribution in [0.15, 0.2) is 4.99 Å². The molecule has 0 spiro atoms. The van der Waals surface area contributed by atoms with E-state index in [9.17, 15) is 9.59 Å². The number of carbonyl (C=O) groups excluding carboxylic acids is 2. The zero-order chi connectivity index (χ0) is 21.7. The van der Waals surface area contributed by atoms with Gasteiger partial charge in [-0.1, -0.05) is 19.8 Å². The maximum Gasteiger partial charge on any atom is 0.407 e. The molecular formula is C21H41N5O3. The van der Waals surface area contributed by atoms with E-state index in [-0.39, 0.29) is 11.9 Å². The molecule has 0 aromatic heterocycles. The summed E-state index contributed by atoms with van der Waals surface area (Å²) >= 11 is 0. The average Bonchev–Trinajstić information content (AvgIpc) is 3.17. The number of likely N-dealkylation sites (tertiary alicyclic amines) is 1. The van der Waals surface area contributed by atoms with Crippen molar-refractivity contribution in [3.63, 3.8) is 0 Å². The minimum absolute atomic E-state index is 0.0366. The minimum Gasteiger partial charge on any atom is -0.444 e. The van der Waals surface area contributed by atoms with Crippen LogP contribution in [0.4, 0.5) is 4.79 Å². The molecule has 2 amide bonds. The van der Waals surface area contributed by atoms with E-state index >= 15 is 0 Å². The van der Waals surface area contributed by atoms with E-state index in [0.717, 1.165) is 51.7 Å². The van der Waals surface area contributed by atoms with Crippen LogP contribution in [0.5, 0.6) is 0 Å². The molecule has 8 heteroatoms. The van der Waals surface area contributed by atoms with Crippen LogP contribution in [-0.4, -0.2) is 67.2 Å². The molecule has 0 aliphatic carbocycles. The van der Waals surface area contributed by atoms with Gasteiger partial charge in [-0.15, -0.1) is 0 Å². The predicted molar refractivity (Wildman–Crippen MR) is 117 cm³/mol. The van der Waals surface area contributed by atoms with Crippen molar-refractivity contribution in [1.29, 1.82) is 0 Å². The summed E-state index contributed by atoms with van der Waals surface area (Å²) in [5.74, 6) is 0.852. The van der Waals surface area contributed by atoms with Crippen molar-refractivity contribution < 1.29 is 14.3 Å². The van der Waals surface area contributed by atoms with E-state index in [0.29, 0.717) is 25.5 Å². The predicted octanol–water partition coefficient (Wildman–Crippen LogP) is 2.64. The Balaban J connectivity index is 2.57. The molecule has 1 heterocycles. The number of amides is 2. The Kier molecular flexibility index (Phi) is 11.5. The Labute approximate surface area is 176 Å². The number of nitrogens with one attached hydrogen (secondary N) is 3. The number of hydrogen-bond acceptors (Lipinski definition) is 4. The second-order valence-electron chi connectivity index (χ2n) is 8.46. The molecular weight excluding hydrogens is 370 g/mol. The van der Waals surface area contributed by atoms with Gasteiger partial charge in [0.05, 0.1) is 6.54 Å². The maximum atomic E-state index is 12.2. The quantitative estimate of drug-likeness (QED) is 0.379. The van der Waals surface area contributed by atoms with E-state index in [1.165, 1.54) is 0 Å². The van der Waals surface area contributed by atoms with Gasteiger partial charge in [-0.05, 0) is 47.0 Å². The normalized spacial score (nSPS) is 15.8. The van der Waals surface area contributed by atoms with Crippen molar-refractivity contribution >= 4 is 18.0 Å². The van der Waals surface area contributed by atoms with E-state index in [1.54, 1.807) is 0 Å². The van der Waals surface area contributed by atoms with Crippen molar-refractivity contribution in [2.45, 2.75) is 84.8 Å². The first-order valence-electron chi connectivity index (χ1n) is 11.0. The highest BCUT2D eigenvalue weighted by atomic mass is 16.6. The molecule has 8 nitrogen and oxygen atoms in total. The SMILES string of the molecule is CCCCC(CNC(=O)OC(C)(C)C)NC(=NCCC(=O)N1CCCC1)NCC. The highest BCUT2D eigenvalue weighted by molar-refractivity contribution is 5.81. The molecule has 0 aromatic carbocycles. The van der Waals surface area contributed by atoms with Crippen molar-refractivity contribution in [2.75, 3.05) is 32.7 Å². The smallest absolute Gasteiger partial charge is 0.407 e. The van der Waals surface area contributed by atoms with Crippen molar-refractivity contribution in [3.8, 4) is 0 Å². The summed E-state index contributed by atoms with van der Waals surface area (Å²) in [5, 5.41) is 9.46. The summed E-state index contributed by atoms with van der Waals surface area (Å²) in [5.41, 5.74) is -0.519. The van der Waals surface area contributed by atoms with Crippen molar-refractivity contribution in [3.05, 3.63) is 0 Å². The number of rotatable bonds is 10. The van der Waals surface area contributed by atoms with Gasteiger partial charge in [0.2, 0.25) is 5.91 Å². The van der Waals surface area contributed by atoms with E-state index < -0.39 is 11.7 Å². The molecule has 1 atom stereocenters. The number of carbonyl (C=O) groups is 2. The van der Waals surface area contributed by atoms with Gasteiger partial charge >= 0.3 is 6.09 Å². The van der Waals surface area contributed by atoms with Gasteiger partial charge in [-0.3, -0.25) is 9.79 Å². The first-order chi connectivity index (χ1) is 13.7. The first-order valence-corrected chi connectivity index (χ1v) is 11.0. The lowest BCUT2D eigenvalue weighted by Crippen LogP contribution is -2.49. The summed E-state index contributed by atoms with van der Waals surface area (Å²) in [4.78, 5) is 30.6. The molecule has 0 aromatic rings. The molecule has 1 fully saturated rings. The largest absolute Gasteiger partial charge is 0.444 e. The van der Waals surface area contributed by atoms with Gasteiger partial charge in [0.1, 0.15) is 5.60 Å². The average molecular weight is 412 g/mol. The zero-order valence-corrected chi connectivity index (χ0v) is 19.0. The molecule has 3 N–H and O–H groups in total. The summed E-state index contributed by atoms with van der Waals surface area (Å²) in [6.07, 6.45) is 5.23. The lowest BCUT2D eigenvalue weighted by Gasteiger charge is -2.24. The third kappa shape index (κ3) is 11.6. The lowest BCUT2D eigenvalue weighted by molar-refractivity contribution is -0.129. The number of guanidine groups is 1. The molecule has 1 unspecified atom stereocenters. The molecule has 29 heavy (non-hydrogen) atoms. The van der Waals surface area contributed by atoms with Crippen molar-refractivity contribution in [2.24, 2.45) is 4.99 Å². The number of unbranched alkanes of at least 4 members (excludes halogenated alkanes) is 1. The Morgan fingerprint density at radius 1 is 1.14 bits per heavy atom. The lowest BCUT2D eigenvalue weighted by atomic mass is 10.1. The fraction of sp³-hybridized carbons (Fsp3) is 0.857. The summed E-state index contributed by atoms with van der Waals surface area (Å²) < 4.78 is 5.32. The number of aliphatic imine (C=N–C) groups is 1. The van der Waals surface area contributed by atoms with Crippen LogP contribution in [-0.2, 0) is 9.53 Å². The number of alkyl carbamates (subject to hydrolysis) is 1. The van der Waals surface area contributed by atoms with Crippen LogP contribution in [0.25, 0.3) is 0 Å². The van der Waals surface area contributed by atoms with Crippen LogP contribution >= 0.6 is 0 Å². The molecule has 1 saturated heterocycles. The molecule has 1 rings (SSSR count). The van der Waals surface area contributed by atoms with Gasteiger partial charge in [-0.2, -0.15) is 0 Å². The highest BCUT2D eigenvalue weighted by Gasteiger charge is 2.19. The fourth-order valence-corrected chi connectivity index (χ4v) is 3.10. The molecule has 0 bridgehead atoms. The number of hydrogen-bond donors (Lipinski definition) is 3. The fourth-order valence-electron chi connectivity index (χ4n) is 3.10. The third-order valence-corrected chi connectivity index (χ3v) is 4.54. The number of nitrogens with zero attached hydrogens (tertiary/aromatic N) is 2. The van der Waals surface area contributed by atoms with E-state index in [1.807, 2.05) is 32.6 Å². The molecule has 0 radical (unpaired) electrons. The Morgan fingerprint density at radius 3 is 2.41 bits per heavy atom. The van der Waals surface area contributed by atoms with Crippen molar-refractivity contribution in [1.82, 2.24) is 20.9 Å². The van der Waals surface area contributed by atoms with Crippen LogP contribution in [0.1, 0.15) is 73.1 Å². The van der Waals surface area contributed by atoms with Gasteiger partial charge in [-0.25, -0.2) is 4.79 Å². The molecule has 0 saturated carbocycles. The Hall–Kier alpha value is -1.99. The van der Waals surface area contributed by atoms with Gasteiger partial charge in [0.25, 0.3) is 0 Å². The summed E-state index contributed by atoms with van der Waals surface area (Å²) in [6.45, 7) is 13.1. The second kappa shape index (κ2) is 13.3. The third-order valence-electron chi connectivity index (χ3n) is 4.54.